The van der Waals surface area contributed by atoms with Crippen LogP contribution in [-0.2, 0) is 0 Å². The van der Waals surface area contributed by atoms with Gasteiger partial charge >= 0.3 is 45.5 Å². The van der Waals surface area contributed by atoms with E-state index in [4.69, 9.17) is 10.2 Å². The van der Waals surface area contributed by atoms with Gasteiger partial charge in [0.25, 0.3) is 0 Å². The van der Waals surface area contributed by atoms with E-state index >= 15 is 0 Å². The van der Waals surface area contributed by atoms with E-state index in [9.17, 15) is 0 Å². The third-order valence-electron chi connectivity index (χ3n) is 0.1000. The molecule has 0 aliphatic carbocycles. The Labute approximate surface area is 71.1 Å². The van der Waals surface area contributed by atoms with E-state index in [1.807, 2.05) is 0 Å². The number of hydrogen-bond acceptors (Lipinski definition) is 2. The van der Waals surface area contributed by atoms with Gasteiger partial charge in [-0.2, -0.15) is 0 Å². The Balaban J connectivity index is -0.0000000150. The topological polar surface area (TPSA) is 40.5 Å². The number of aliphatic hydroxyl groups is 2. The SMILES string of the molecule is OCCO.[H-].[H-].[Sr+2]. The molecule has 0 aliphatic heterocycles. The fourth-order valence-corrected chi connectivity index (χ4v) is 0. The molecule has 0 aromatic carbocycles. The second-order valence-corrected chi connectivity index (χ2v) is 0.447. The largest absolute Gasteiger partial charge is 2.00 e. The first-order valence-corrected chi connectivity index (χ1v) is 1.13. The number of hydrogen-bond donors (Lipinski definition) is 2. The zero-order chi connectivity index (χ0) is 3.41. The van der Waals surface area contributed by atoms with Crippen molar-refractivity contribution in [1.82, 2.24) is 0 Å². The molecule has 0 heterocycles. The van der Waals surface area contributed by atoms with Crippen molar-refractivity contribution in [2.75, 3.05) is 13.2 Å². The molecule has 0 atom stereocenters. The predicted octanol–water partition coefficient (Wildman–Crippen LogP) is -1.18. The molecule has 0 spiro atoms. The van der Waals surface area contributed by atoms with Gasteiger partial charge in [0, 0.05) is 0 Å². The summed E-state index contributed by atoms with van der Waals surface area (Å²) in [7, 11) is 0. The van der Waals surface area contributed by atoms with Crippen molar-refractivity contribution in [3.8, 4) is 0 Å². The zero-order valence-corrected chi connectivity index (χ0v) is 6.49. The van der Waals surface area contributed by atoms with Gasteiger partial charge in [0.1, 0.15) is 0 Å². The third kappa shape index (κ3) is 10.8. The van der Waals surface area contributed by atoms with Crippen LogP contribution in [-0.4, -0.2) is 68.9 Å². The van der Waals surface area contributed by atoms with E-state index < -0.39 is 0 Å². The first-order chi connectivity index (χ1) is 1.91. The van der Waals surface area contributed by atoms with Gasteiger partial charge in [-0.1, -0.05) is 0 Å². The van der Waals surface area contributed by atoms with Crippen LogP contribution in [0.25, 0.3) is 0 Å². The minimum atomic E-state index is -0.125. The molecular weight excluding hydrogens is 144 g/mol. The Hall–Kier alpha value is 1.40. The Morgan fingerprint density at radius 3 is 1.40 bits per heavy atom. The van der Waals surface area contributed by atoms with Crippen molar-refractivity contribution in [1.29, 1.82) is 0 Å². The molecule has 0 amide bonds. The molecule has 0 aromatic heterocycles. The van der Waals surface area contributed by atoms with Gasteiger partial charge in [0.05, 0.1) is 13.2 Å². The second kappa shape index (κ2) is 9.04. The summed E-state index contributed by atoms with van der Waals surface area (Å²) < 4.78 is 0. The molecule has 3 heteroatoms. The van der Waals surface area contributed by atoms with Crippen LogP contribution in [0.3, 0.4) is 0 Å². The Bertz CT molecular complexity index is 15.7. The molecule has 0 rings (SSSR count). The van der Waals surface area contributed by atoms with E-state index in [0.29, 0.717) is 0 Å². The molecular formula is C2H8O2Sr. The minimum Gasteiger partial charge on any atom is -1.00 e. The summed E-state index contributed by atoms with van der Waals surface area (Å²) in [6.45, 7) is -0.250. The predicted molar refractivity (Wildman–Crippen MR) is 22.1 cm³/mol. The molecule has 30 valence electrons. The standard InChI is InChI=1S/C2H6O2.Sr.2H/c3-1-2-4;;;/h3-4H,1-2H2;;;/q;+2;2*-1. The van der Waals surface area contributed by atoms with Gasteiger partial charge in [0.15, 0.2) is 0 Å². The van der Waals surface area contributed by atoms with Crippen LogP contribution in [0.4, 0.5) is 0 Å². The number of aliphatic hydroxyl groups excluding tert-OH is 2. The van der Waals surface area contributed by atoms with Crippen LogP contribution in [0.15, 0.2) is 0 Å². The zero-order valence-electron chi connectivity index (χ0n) is 5.02. The maximum Gasteiger partial charge on any atom is 2.00 e. The summed E-state index contributed by atoms with van der Waals surface area (Å²) in [5.41, 5.74) is 0. The van der Waals surface area contributed by atoms with Gasteiger partial charge in [-0.25, -0.2) is 0 Å². The molecule has 5 heavy (non-hydrogen) atoms. The molecule has 0 radical (unpaired) electrons. The third-order valence-corrected chi connectivity index (χ3v) is 0.1000. The van der Waals surface area contributed by atoms with Crippen LogP contribution in [0.2, 0.25) is 0 Å². The smallest absolute Gasteiger partial charge is 1.00 e. The van der Waals surface area contributed by atoms with Gasteiger partial charge < -0.3 is 13.1 Å². The Morgan fingerprint density at radius 1 is 1.20 bits per heavy atom. The Kier molecular flexibility index (Phi) is 17.4. The fraction of sp³-hybridized carbons (Fsp3) is 1.00. The van der Waals surface area contributed by atoms with Crippen LogP contribution < -0.4 is 0 Å². The van der Waals surface area contributed by atoms with E-state index in [0.717, 1.165) is 0 Å². The maximum absolute atomic E-state index is 7.62. The van der Waals surface area contributed by atoms with Crippen molar-refractivity contribution in [3.05, 3.63) is 0 Å². The average molecular weight is 152 g/mol. The summed E-state index contributed by atoms with van der Waals surface area (Å²) in [6.07, 6.45) is 0. The Morgan fingerprint density at radius 2 is 1.40 bits per heavy atom. The van der Waals surface area contributed by atoms with Crippen LogP contribution in [0, 0.1) is 0 Å². The van der Waals surface area contributed by atoms with E-state index in [1.54, 1.807) is 0 Å². The van der Waals surface area contributed by atoms with Crippen molar-refractivity contribution in [3.63, 3.8) is 0 Å². The molecule has 0 unspecified atom stereocenters. The van der Waals surface area contributed by atoms with E-state index in [1.165, 1.54) is 0 Å². The van der Waals surface area contributed by atoms with E-state index in [-0.39, 0.29) is 61.5 Å². The minimum absolute atomic E-state index is 0. The summed E-state index contributed by atoms with van der Waals surface area (Å²) in [5.74, 6) is 0. The quantitative estimate of drug-likeness (QED) is 0.463. The summed E-state index contributed by atoms with van der Waals surface area (Å²) >= 11 is 0. The van der Waals surface area contributed by atoms with Crippen LogP contribution in [0.5, 0.6) is 0 Å². The van der Waals surface area contributed by atoms with Gasteiger partial charge in [0.2, 0.25) is 0 Å². The molecule has 0 saturated carbocycles. The summed E-state index contributed by atoms with van der Waals surface area (Å²) in [6, 6.07) is 0. The van der Waals surface area contributed by atoms with Crippen LogP contribution >= 0.6 is 0 Å². The average Bonchev–Trinajstić information content (AvgIpc) is 1.37. The second-order valence-electron chi connectivity index (χ2n) is 0.447. The van der Waals surface area contributed by atoms with Gasteiger partial charge in [-0.05, 0) is 0 Å². The van der Waals surface area contributed by atoms with E-state index in [2.05, 4.69) is 0 Å². The van der Waals surface area contributed by atoms with Crippen molar-refractivity contribution < 1.29 is 13.1 Å². The monoisotopic (exact) mass is 152 g/mol. The normalized spacial score (nSPS) is 6.00. The van der Waals surface area contributed by atoms with Crippen molar-refractivity contribution in [2.24, 2.45) is 0 Å². The fourth-order valence-electron chi connectivity index (χ4n) is 0. The molecule has 0 saturated heterocycles. The molecule has 2 nitrogen and oxygen atoms in total. The van der Waals surface area contributed by atoms with Gasteiger partial charge in [-0.3, -0.25) is 0 Å². The molecule has 0 aliphatic rings. The molecule has 0 fully saturated rings. The summed E-state index contributed by atoms with van der Waals surface area (Å²) in [5, 5.41) is 15.2. The molecule has 2 N–H and O–H groups in total. The molecule has 0 bridgehead atoms. The molecule has 0 aromatic rings. The van der Waals surface area contributed by atoms with Crippen molar-refractivity contribution in [2.45, 2.75) is 0 Å². The maximum atomic E-state index is 7.62. The first-order valence-electron chi connectivity index (χ1n) is 1.13. The first kappa shape index (κ1) is 9.64. The van der Waals surface area contributed by atoms with Crippen molar-refractivity contribution >= 4 is 45.5 Å². The van der Waals surface area contributed by atoms with Crippen LogP contribution in [0.1, 0.15) is 2.85 Å². The van der Waals surface area contributed by atoms with Gasteiger partial charge in [-0.15, -0.1) is 0 Å². The summed E-state index contributed by atoms with van der Waals surface area (Å²) in [4.78, 5) is 0. The number of rotatable bonds is 1.